The highest BCUT2D eigenvalue weighted by molar-refractivity contribution is 6.29. The van der Waals surface area contributed by atoms with Gasteiger partial charge in [0, 0.05) is 11.6 Å². The first-order valence-electron chi connectivity index (χ1n) is 6.37. The van der Waals surface area contributed by atoms with E-state index in [1.165, 1.54) is 12.1 Å². The maximum Gasteiger partial charge on any atom is 0.295 e. The minimum Gasteiger partial charge on any atom is -0.258 e. The van der Waals surface area contributed by atoms with Gasteiger partial charge in [0.15, 0.2) is 0 Å². The summed E-state index contributed by atoms with van der Waals surface area (Å²) in [6, 6.07) is 10.5. The van der Waals surface area contributed by atoms with Gasteiger partial charge >= 0.3 is 0 Å². The highest BCUT2D eigenvalue weighted by Gasteiger charge is 2.17. The summed E-state index contributed by atoms with van der Waals surface area (Å²) in [6.07, 6.45) is 0.919. The number of halogens is 1. The Labute approximate surface area is 122 Å². The summed E-state index contributed by atoms with van der Waals surface area (Å²) in [5.74, 6) is 0.521. The van der Waals surface area contributed by atoms with Crippen LogP contribution in [0.1, 0.15) is 19.4 Å². The quantitative estimate of drug-likeness (QED) is 0.473. The number of hydrogen-bond acceptors (Lipinski definition) is 3. The maximum atomic E-state index is 11.1. The number of hydrogen-bond donors (Lipinski definition) is 0. The normalized spacial score (nSPS) is 10.8. The fourth-order valence-electron chi connectivity index (χ4n) is 2.10. The lowest BCUT2D eigenvalue weighted by atomic mass is 9.99. The summed E-state index contributed by atoms with van der Waals surface area (Å²) in [4.78, 5) is 14.8. The Morgan fingerprint density at radius 2 is 2.05 bits per heavy atom. The van der Waals surface area contributed by atoms with Crippen molar-refractivity contribution >= 4 is 17.3 Å². The summed E-state index contributed by atoms with van der Waals surface area (Å²) in [5.41, 5.74) is 2.13. The SMILES string of the molecule is CC(C)Cc1cccc(-c2nc(Cl)ccc2[N+](=O)[O-])c1. The Kier molecular flexibility index (Phi) is 4.35. The molecule has 0 unspecified atom stereocenters. The summed E-state index contributed by atoms with van der Waals surface area (Å²) >= 11 is 5.86. The van der Waals surface area contributed by atoms with E-state index in [-0.39, 0.29) is 10.8 Å². The molecule has 0 bridgehead atoms. The number of pyridine rings is 1. The van der Waals surface area contributed by atoms with Crippen molar-refractivity contribution in [2.24, 2.45) is 5.92 Å². The zero-order chi connectivity index (χ0) is 14.7. The molecule has 1 heterocycles. The fourth-order valence-corrected chi connectivity index (χ4v) is 2.25. The van der Waals surface area contributed by atoms with Gasteiger partial charge in [-0.05, 0) is 30.0 Å². The van der Waals surface area contributed by atoms with Crippen molar-refractivity contribution in [3.63, 3.8) is 0 Å². The first kappa shape index (κ1) is 14.5. The second kappa shape index (κ2) is 6.01. The van der Waals surface area contributed by atoms with Crippen LogP contribution in [0.2, 0.25) is 5.15 Å². The van der Waals surface area contributed by atoms with Crippen molar-refractivity contribution in [3.8, 4) is 11.3 Å². The molecule has 0 fully saturated rings. The molecule has 0 atom stereocenters. The van der Waals surface area contributed by atoms with Crippen LogP contribution >= 0.6 is 11.6 Å². The fraction of sp³-hybridized carbons (Fsp3) is 0.267. The zero-order valence-electron chi connectivity index (χ0n) is 11.3. The van der Waals surface area contributed by atoms with Crippen LogP contribution < -0.4 is 0 Å². The van der Waals surface area contributed by atoms with Gasteiger partial charge in [-0.15, -0.1) is 0 Å². The third kappa shape index (κ3) is 3.33. The Morgan fingerprint density at radius 1 is 1.30 bits per heavy atom. The van der Waals surface area contributed by atoms with Gasteiger partial charge in [0.1, 0.15) is 10.8 Å². The predicted octanol–water partition coefficient (Wildman–Crippen LogP) is 4.51. The minimum absolute atomic E-state index is 0.0314. The van der Waals surface area contributed by atoms with Crippen LogP contribution in [-0.2, 0) is 6.42 Å². The van der Waals surface area contributed by atoms with Crippen LogP contribution in [0, 0.1) is 16.0 Å². The zero-order valence-corrected chi connectivity index (χ0v) is 12.1. The minimum atomic E-state index is -0.437. The van der Waals surface area contributed by atoms with E-state index in [2.05, 4.69) is 18.8 Å². The highest BCUT2D eigenvalue weighted by atomic mass is 35.5. The van der Waals surface area contributed by atoms with Crippen molar-refractivity contribution in [1.82, 2.24) is 4.98 Å². The average molecular weight is 291 g/mol. The first-order valence-corrected chi connectivity index (χ1v) is 6.75. The Morgan fingerprint density at radius 3 is 2.70 bits per heavy atom. The van der Waals surface area contributed by atoms with E-state index in [0.29, 0.717) is 11.6 Å². The molecular weight excluding hydrogens is 276 g/mol. The third-order valence-corrected chi connectivity index (χ3v) is 3.09. The van der Waals surface area contributed by atoms with E-state index in [9.17, 15) is 10.1 Å². The molecule has 5 heteroatoms. The van der Waals surface area contributed by atoms with Crippen molar-refractivity contribution in [1.29, 1.82) is 0 Å². The first-order chi connectivity index (χ1) is 9.47. The van der Waals surface area contributed by atoms with Gasteiger partial charge in [-0.25, -0.2) is 4.98 Å². The number of rotatable bonds is 4. The van der Waals surface area contributed by atoms with Crippen LogP contribution in [0.15, 0.2) is 36.4 Å². The molecule has 1 aromatic heterocycles. The lowest BCUT2D eigenvalue weighted by molar-refractivity contribution is -0.384. The monoisotopic (exact) mass is 290 g/mol. The van der Waals surface area contributed by atoms with E-state index in [1.807, 2.05) is 24.3 Å². The molecule has 1 aromatic carbocycles. The van der Waals surface area contributed by atoms with Crippen molar-refractivity contribution in [3.05, 3.63) is 57.2 Å². The van der Waals surface area contributed by atoms with Gasteiger partial charge in [-0.1, -0.05) is 43.6 Å². The van der Waals surface area contributed by atoms with E-state index in [1.54, 1.807) is 0 Å². The summed E-state index contributed by atoms with van der Waals surface area (Å²) < 4.78 is 0. The lowest BCUT2D eigenvalue weighted by Gasteiger charge is -2.08. The second-order valence-electron chi connectivity index (χ2n) is 5.06. The number of aromatic nitrogens is 1. The summed E-state index contributed by atoms with van der Waals surface area (Å²) in [6.45, 7) is 4.26. The third-order valence-electron chi connectivity index (χ3n) is 2.88. The lowest BCUT2D eigenvalue weighted by Crippen LogP contribution is -1.97. The molecule has 0 saturated carbocycles. The molecule has 20 heavy (non-hydrogen) atoms. The Bertz CT molecular complexity index is 642. The van der Waals surface area contributed by atoms with Gasteiger partial charge in [0.2, 0.25) is 0 Å². The van der Waals surface area contributed by atoms with Crippen LogP contribution in [0.25, 0.3) is 11.3 Å². The predicted molar refractivity (Wildman–Crippen MR) is 79.9 cm³/mol. The molecule has 2 aromatic rings. The largest absolute Gasteiger partial charge is 0.295 e. The van der Waals surface area contributed by atoms with Crippen LogP contribution in [-0.4, -0.2) is 9.91 Å². The van der Waals surface area contributed by atoms with Gasteiger partial charge < -0.3 is 0 Å². The van der Waals surface area contributed by atoms with Crippen molar-refractivity contribution in [2.75, 3.05) is 0 Å². The van der Waals surface area contributed by atoms with E-state index < -0.39 is 4.92 Å². The molecule has 2 rings (SSSR count). The molecule has 0 amide bonds. The van der Waals surface area contributed by atoms with Crippen LogP contribution in [0.4, 0.5) is 5.69 Å². The van der Waals surface area contributed by atoms with Crippen LogP contribution in [0.3, 0.4) is 0 Å². The molecule has 0 saturated heterocycles. The molecule has 0 spiro atoms. The molecular formula is C15H15ClN2O2. The van der Waals surface area contributed by atoms with Crippen molar-refractivity contribution < 1.29 is 4.92 Å². The Hall–Kier alpha value is -1.94. The molecule has 4 nitrogen and oxygen atoms in total. The number of nitrogens with zero attached hydrogens (tertiary/aromatic N) is 2. The van der Waals surface area contributed by atoms with Gasteiger partial charge in [-0.2, -0.15) is 0 Å². The van der Waals surface area contributed by atoms with Crippen LogP contribution in [0.5, 0.6) is 0 Å². The maximum absolute atomic E-state index is 11.1. The average Bonchev–Trinajstić information content (AvgIpc) is 2.37. The number of nitro groups is 1. The smallest absolute Gasteiger partial charge is 0.258 e. The Balaban J connectivity index is 2.50. The second-order valence-corrected chi connectivity index (χ2v) is 5.44. The van der Waals surface area contributed by atoms with E-state index >= 15 is 0 Å². The molecule has 0 radical (unpaired) electrons. The molecule has 0 N–H and O–H groups in total. The van der Waals surface area contributed by atoms with E-state index in [0.717, 1.165) is 17.5 Å². The molecule has 0 aliphatic rings. The number of benzene rings is 1. The topological polar surface area (TPSA) is 56.0 Å². The van der Waals surface area contributed by atoms with Gasteiger partial charge in [0.25, 0.3) is 5.69 Å². The summed E-state index contributed by atoms with van der Waals surface area (Å²) in [5, 5.41) is 11.3. The highest BCUT2D eigenvalue weighted by Crippen LogP contribution is 2.30. The molecule has 0 aliphatic heterocycles. The van der Waals surface area contributed by atoms with Crippen molar-refractivity contribution in [2.45, 2.75) is 20.3 Å². The molecule has 104 valence electrons. The standard InChI is InChI=1S/C15H15ClN2O2/c1-10(2)8-11-4-3-5-12(9-11)15-13(18(19)20)6-7-14(16)17-15/h3-7,9-10H,8H2,1-2H3. The van der Waals surface area contributed by atoms with Gasteiger partial charge in [-0.3, -0.25) is 10.1 Å². The molecule has 0 aliphatic carbocycles. The summed E-state index contributed by atoms with van der Waals surface area (Å²) in [7, 11) is 0. The van der Waals surface area contributed by atoms with E-state index in [4.69, 9.17) is 11.6 Å². The van der Waals surface area contributed by atoms with Gasteiger partial charge in [0.05, 0.1) is 4.92 Å².